The summed E-state index contributed by atoms with van der Waals surface area (Å²) in [4.78, 5) is 43.3. The Kier molecular flexibility index (Phi) is 10.1. The van der Waals surface area contributed by atoms with E-state index in [1.54, 1.807) is 7.11 Å². The van der Waals surface area contributed by atoms with E-state index in [0.29, 0.717) is 38.0 Å². The number of carbonyl (C=O) groups excluding carboxylic acids is 3. The van der Waals surface area contributed by atoms with Gasteiger partial charge in [0.15, 0.2) is 0 Å². The number of hydrogen-bond acceptors (Lipinski definition) is 4. The van der Waals surface area contributed by atoms with E-state index in [-0.39, 0.29) is 41.6 Å². The molecule has 216 valence electrons. The minimum Gasteiger partial charge on any atom is -0.497 e. The average Bonchev–Trinajstić information content (AvgIpc) is 3.00. The Morgan fingerprint density at radius 3 is 2.15 bits per heavy atom. The first-order valence-electron chi connectivity index (χ1n) is 14.4. The van der Waals surface area contributed by atoms with Crippen LogP contribution in [-0.4, -0.2) is 65.7 Å². The van der Waals surface area contributed by atoms with E-state index in [2.05, 4.69) is 17.4 Å². The largest absolute Gasteiger partial charge is 0.497 e. The molecule has 0 radical (unpaired) electrons. The van der Waals surface area contributed by atoms with Crippen LogP contribution in [0.5, 0.6) is 5.75 Å². The summed E-state index contributed by atoms with van der Waals surface area (Å²) < 4.78 is 5.26. The zero-order valence-electron chi connectivity index (χ0n) is 23.9. The summed E-state index contributed by atoms with van der Waals surface area (Å²) in [6.07, 6.45) is 4.68. The third-order valence-electron chi connectivity index (χ3n) is 8.34. The van der Waals surface area contributed by atoms with Crippen LogP contribution in [0, 0.1) is 11.3 Å². The van der Waals surface area contributed by atoms with Gasteiger partial charge in [-0.15, -0.1) is 11.6 Å². The molecule has 1 N–H and O–H groups in total. The highest BCUT2D eigenvalue weighted by Gasteiger charge is 2.36. The number of rotatable bonds is 9. The molecule has 3 amide bonds. The lowest BCUT2D eigenvalue weighted by molar-refractivity contribution is -0.142. The number of methoxy groups -OCH3 is 1. The number of hydrogen-bond donors (Lipinski definition) is 1. The van der Waals surface area contributed by atoms with E-state index in [1.807, 2.05) is 66.1 Å². The summed E-state index contributed by atoms with van der Waals surface area (Å²) in [7, 11) is 1.61. The molecule has 0 atom stereocenters. The number of piperidine rings is 1. The van der Waals surface area contributed by atoms with Gasteiger partial charge in [0.2, 0.25) is 11.8 Å². The van der Waals surface area contributed by atoms with E-state index >= 15 is 0 Å². The molecule has 8 heteroatoms. The minimum atomic E-state index is -0.585. The molecule has 4 rings (SSSR count). The predicted octanol–water partition coefficient (Wildman–Crippen LogP) is 5.27. The van der Waals surface area contributed by atoms with Crippen molar-refractivity contribution in [2.24, 2.45) is 11.3 Å². The van der Waals surface area contributed by atoms with Gasteiger partial charge in [0.25, 0.3) is 5.91 Å². The van der Waals surface area contributed by atoms with Gasteiger partial charge in [-0.1, -0.05) is 30.3 Å². The molecule has 40 heavy (non-hydrogen) atoms. The van der Waals surface area contributed by atoms with E-state index in [1.165, 1.54) is 0 Å². The van der Waals surface area contributed by atoms with Gasteiger partial charge in [-0.3, -0.25) is 14.4 Å². The van der Waals surface area contributed by atoms with Crippen molar-refractivity contribution >= 4 is 29.3 Å². The highest BCUT2D eigenvalue weighted by molar-refractivity contribution is 6.19. The van der Waals surface area contributed by atoms with Gasteiger partial charge in [0.05, 0.1) is 12.5 Å². The Balaban J connectivity index is 1.32. The zero-order valence-corrected chi connectivity index (χ0v) is 24.7. The number of alkyl halides is 1. The van der Waals surface area contributed by atoms with Gasteiger partial charge in [-0.2, -0.15) is 0 Å². The lowest BCUT2D eigenvalue weighted by Crippen LogP contribution is -2.50. The number of nitrogens with one attached hydrogen (secondary N) is 1. The molecular weight excluding hydrogens is 526 g/mol. The van der Waals surface area contributed by atoms with Crippen LogP contribution in [0.1, 0.15) is 68.3 Å². The Hall–Kier alpha value is -3.06. The van der Waals surface area contributed by atoms with Gasteiger partial charge in [0, 0.05) is 49.1 Å². The third-order valence-corrected chi connectivity index (χ3v) is 9.01. The summed E-state index contributed by atoms with van der Waals surface area (Å²) in [5, 5.41) is 3.28. The number of benzene rings is 2. The van der Waals surface area contributed by atoms with Gasteiger partial charge < -0.3 is 19.9 Å². The average molecular weight is 568 g/mol. The topological polar surface area (TPSA) is 79.0 Å². The number of amides is 3. The maximum Gasteiger partial charge on any atom is 0.254 e. The fraction of sp³-hybridized carbons (Fsp3) is 0.531. The molecule has 1 aliphatic carbocycles. The van der Waals surface area contributed by atoms with E-state index < -0.39 is 5.41 Å². The minimum absolute atomic E-state index is 0.0117. The molecule has 1 heterocycles. The van der Waals surface area contributed by atoms with Crippen molar-refractivity contribution in [1.29, 1.82) is 0 Å². The Bertz CT molecular complexity index is 1140. The first kappa shape index (κ1) is 29.9. The summed E-state index contributed by atoms with van der Waals surface area (Å²) in [6, 6.07) is 17.6. The lowest BCUT2D eigenvalue weighted by atomic mass is 9.88. The number of ether oxygens (including phenoxy) is 1. The number of likely N-dealkylation sites (tertiary alicyclic amines) is 1. The molecule has 0 aromatic heterocycles. The molecule has 1 aliphatic heterocycles. The van der Waals surface area contributed by atoms with Gasteiger partial charge in [-0.25, -0.2) is 0 Å². The predicted molar refractivity (Wildman–Crippen MR) is 157 cm³/mol. The summed E-state index contributed by atoms with van der Waals surface area (Å²) in [5.74, 6) is 1.08. The van der Waals surface area contributed by atoms with Gasteiger partial charge >= 0.3 is 0 Å². The molecule has 1 saturated heterocycles. The molecule has 2 aromatic rings. The molecular formula is C32H42ClN3O4. The van der Waals surface area contributed by atoms with Crippen molar-refractivity contribution < 1.29 is 19.1 Å². The van der Waals surface area contributed by atoms with Gasteiger partial charge in [-0.05, 0) is 82.2 Å². The molecule has 2 aliphatic rings. The normalized spacial score (nSPS) is 20.1. The van der Waals surface area contributed by atoms with E-state index in [0.717, 1.165) is 37.0 Å². The Labute approximate surface area is 243 Å². The fourth-order valence-electron chi connectivity index (χ4n) is 5.73. The van der Waals surface area contributed by atoms with Crippen molar-refractivity contribution in [1.82, 2.24) is 15.1 Å². The Morgan fingerprint density at radius 2 is 1.57 bits per heavy atom. The first-order chi connectivity index (χ1) is 19.2. The standard InChI is InChI=1S/C32H42ClN3O4/c1-32(2,22-33)31(39)35-19-17-24(18-20-35)29(37)34-26-11-13-27(14-12-26)36(21-23-7-5-4-6-8-23)30(38)25-9-15-28(40-3)16-10-25/h4-10,15-16,24,26-27H,11-14,17-22H2,1-3H3,(H,34,37). The van der Waals surface area contributed by atoms with Crippen molar-refractivity contribution in [3.8, 4) is 5.75 Å². The van der Waals surface area contributed by atoms with Crippen molar-refractivity contribution in [2.75, 3.05) is 26.1 Å². The van der Waals surface area contributed by atoms with Crippen molar-refractivity contribution in [3.05, 3.63) is 65.7 Å². The highest BCUT2D eigenvalue weighted by Crippen LogP contribution is 2.29. The second-order valence-corrected chi connectivity index (χ2v) is 12.0. The molecule has 0 bridgehead atoms. The number of halogens is 1. The van der Waals surface area contributed by atoms with Crippen LogP contribution in [0.4, 0.5) is 0 Å². The molecule has 2 fully saturated rings. The van der Waals surface area contributed by atoms with Crippen LogP contribution in [0.15, 0.2) is 54.6 Å². The maximum absolute atomic E-state index is 13.6. The molecule has 2 aromatic carbocycles. The Morgan fingerprint density at radius 1 is 0.950 bits per heavy atom. The number of nitrogens with zero attached hydrogens (tertiary/aromatic N) is 2. The SMILES string of the molecule is COc1ccc(C(=O)N(Cc2ccccc2)C2CCC(NC(=O)C3CCN(C(=O)C(C)(C)CCl)CC3)CC2)cc1. The molecule has 0 spiro atoms. The van der Waals surface area contributed by atoms with Gasteiger partial charge in [0.1, 0.15) is 5.75 Å². The molecule has 0 unspecified atom stereocenters. The lowest BCUT2D eigenvalue weighted by Gasteiger charge is -2.38. The maximum atomic E-state index is 13.6. The molecule has 1 saturated carbocycles. The second kappa shape index (κ2) is 13.5. The van der Waals surface area contributed by atoms with Crippen LogP contribution < -0.4 is 10.1 Å². The zero-order chi connectivity index (χ0) is 28.7. The quantitative estimate of drug-likeness (QED) is 0.419. The summed E-state index contributed by atoms with van der Waals surface area (Å²) in [6.45, 7) is 5.45. The molecule has 7 nitrogen and oxygen atoms in total. The van der Waals surface area contributed by atoms with Crippen molar-refractivity contribution in [3.63, 3.8) is 0 Å². The smallest absolute Gasteiger partial charge is 0.254 e. The van der Waals surface area contributed by atoms with Crippen LogP contribution in [0.25, 0.3) is 0 Å². The summed E-state index contributed by atoms with van der Waals surface area (Å²) >= 11 is 5.99. The van der Waals surface area contributed by atoms with Crippen LogP contribution in [0.3, 0.4) is 0 Å². The summed E-state index contributed by atoms with van der Waals surface area (Å²) in [5.41, 5.74) is 1.16. The van der Waals surface area contributed by atoms with Crippen LogP contribution >= 0.6 is 11.6 Å². The van der Waals surface area contributed by atoms with Crippen LogP contribution in [0.2, 0.25) is 0 Å². The monoisotopic (exact) mass is 567 g/mol. The third kappa shape index (κ3) is 7.36. The van der Waals surface area contributed by atoms with Crippen LogP contribution in [-0.2, 0) is 16.1 Å². The fourth-order valence-corrected chi connectivity index (χ4v) is 5.84. The first-order valence-corrected chi connectivity index (χ1v) is 14.9. The van der Waals surface area contributed by atoms with Crippen molar-refractivity contribution in [2.45, 2.75) is 71.0 Å². The second-order valence-electron chi connectivity index (χ2n) is 11.7. The van der Waals surface area contributed by atoms with E-state index in [9.17, 15) is 14.4 Å². The number of carbonyl (C=O) groups is 3. The highest BCUT2D eigenvalue weighted by atomic mass is 35.5. The van der Waals surface area contributed by atoms with E-state index in [4.69, 9.17) is 16.3 Å².